The third-order valence-electron chi connectivity index (χ3n) is 9.19. The molecule has 0 atom stereocenters. The predicted octanol–water partition coefficient (Wildman–Crippen LogP) is 5.11. The van der Waals surface area contributed by atoms with Crippen molar-refractivity contribution in [1.82, 2.24) is 10.6 Å². The molecular weight excluding hydrogens is 805 g/mol. The van der Waals surface area contributed by atoms with E-state index in [1.807, 2.05) is 66.7 Å². The van der Waals surface area contributed by atoms with Gasteiger partial charge < -0.3 is 30.1 Å². The first-order valence-corrected chi connectivity index (χ1v) is 22.6. The van der Waals surface area contributed by atoms with Gasteiger partial charge in [0.25, 0.3) is 20.2 Å². The monoisotopic (exact) mass is 865 g/mol. The van der Waals surface area contributed by atoms with Crippen LogP contribution in [0.2, 0.25) is 0 Å². The van der Waals surface area contributed by atoms with Crippen LogP contribution in [0.4, 0.5) is 11.4 Å². The summed E-state index contributed by atoms with van der Waals surface area (Å²) in [6.07, 6.45) is 8.42. The van der Waals surface area contributed by atoms with E-state index in [1.165, 1.54) is 12.1 Å². The first kappa shape index (κ1) is 50.7. The Balaban J connectivity index is 2.23. The number of carboxylic acids is 1. The van der Waals surface area contributed by atoms with Crippen LogP contribution in [-0.4, -0.2) is 111 Å². The minimum Gasteiger partial charge on any atom is -0.481 e. The summed E-state index contributed by atoms with van der Waals surface area (Å²) < 4.78 is 77.8. The Hall–Kier alpha value is -4.46. The molecule has 2 rings (SSSR count). The molecule has 2 aromatic rings. The molecule has 0 saturated heterocycles. The number of aliphatic carboxylic acids is 1. The van der Waals surface area contributed by atoms with Gasteiger partial charge in [0.15, 0.2) is 5.71 Å². The van der Waals surface area contributed by atoms with Gasteiger partial charge in [-0.25, -0.2) is 0 Å². The van der Waals surface area contributed by atoms with E-state index in [0.29, 0.717) is 64.2 Å². The van der Waals surface area contributed by atoms with Crippen molar-refractivity contribution >= 4 is 55.1 Å². The summed E-state index contributed by atoms with van der Waals surface area (Å²) in [5.41, 5.74) is 5.41. The van der Waals surface area contributed by atoms with Crippen LogP contribution in [0.1, 0.15) is 81.9 Å². The molecular formula is C41H61N4O12S2+. The number of ether oxygens (including phenoxy) is 2. The van der Waals surface area contributed by atoms with Crippen molar-refractivity contribution < 1.29 is 59.5 Å². The van der Waals surface area contributed by atoms with Crippen molar-refractivity contribution in [3.8, 4) is 0 Å². The van der Waals surface area contributed by atoms with Gasteiger partial charge in [0, 0.05) is 88.4 Å². The normalized spacial score (nSPS) is 12.7. The molecule has 0 aliphatic carbocycles. The molecule has 0 heterocycles. The molecule has 0 unspecified atom stereocenters. The van der Waals surface area contributed by atoms with Crippen LogP contribution in [0.3, 0.4) is 0 Å². The zero-order valence-electron chi connectivity index (χ0n) is 34.7. The first-order chi connectivity index (χ1) is 27.8. The van der Waals surface area contributed by atoms with Crippen molar-refractivity contribution in [3.63, 3.8) is 0 Å². The lowest BCUT2D eigenvalue weighted by molar-refractivity contribution is -0.440. The third kappa shape index (κ3) is 20.4. The van der Waals surface area contributed by atoms with Crippen LogP contribution in [0.15, 0.2) is 65.2 Å². The van der Waals surface area contributed by atoms with Gasteiger partial charge in [-0.1, -0.05) is 18.6 Å². The lowest BCUT2D eigenvalue weighted by Crippen LogP contribution is -2.28. The number of rotatable bonds is 28. The Bertz CT molecular complexity index is 2030. The second-order valence-electron chi connectivity index (χ2n) is 14.1. The molecule has 0 aliphatic heterocycles. The summed E-state index contributed by atoms with van der Waals surface area (Å²) in [6.45, 7) is 10.2. The van der Waals surface area contributed by atoms with E-state index in [0.717, 1.165) is 33.9 Å². The predicted molar refractivity (Wildman–Crippen MR) is 226 cm³/mol. The molecule has 328 valence electrons. The molecule has 0 aromatic heterocycles. The summed E-state index contributed by atoms with van der Waals surface area (Å²) in [5, 5.41) is 14.7. The van der Waals surface area contributed by atoms with E-state index in [-0.39, 0.29) is 55.5 Å². The number of carboxylic acid groups (broad SMARTS) is 1. The van der Waals surface area contributed by atoms with Crippen molar-refractivity contribution in [3.05, 3.63) is 77.0 Å². The SMILES string of the molecule is COCCOCCNC(=O)CCCC(=O)NCc1ccc([N+](CCCS(=O)(=O)O)=C(C)/C=C/C=C(\C)N(CCCCCC(=O)O)c2ccc(S(=O)(=O)O)cc2C)c(C)c1. The number of carbonyl (C=O) groups is 3. The van der Waals surface area contributed by atoms with E-state index in [2.05, 4.69) is 10.6 Å². The zero-order valence-corrected chi connectivity index (χ0v) is 36.4. The molecule has 0 saturated carbocycles. The zero-order chi connectivity index (χ0) is 44.0. The maximum atomic E-state index is 12.5. The number of aryl methyl sites for hydroxylation is 2. The average molecular weight is 866 g/mol. The van der Waals surface area contributed by atoms with Crippen molar-refractivity contribution in [1.29, 1.82) is 0 Å². The molecule has 2 amide bonds. The second-order valence-corrected chi connectivity index (χ2v) is 17.1. The second kappa shape index (κ2) is 25.9. The van der Waals surface area contributed by atoms with Gasteiger partial charge in [-0.2, -0.15) is 21.4 Å². The van der Waals surface area contributed by atoms with Crippen LogP contribution in [0.25, 0.3) is 0 Å². The number of hydrogen-bond donors (Lipinski definition) is 5. The van der Waals surface area contributed by atoms with Gasteiger partial charge in [-0.3, -0.25) is 23.5 Å². The fraction of sp³-hybridized carbons (Fsp3) is 0.512. The smallest absolute Gasteiger partial charge is 0.303 e. The van der Waals surface area contributed by atoms with E-state index in [4.69, 9.17) is 14.6 Å². The van der Waals surface area contributed by atoms with Gasteiger partial charge in [-0.15, -0.1) is 0 Å². The van der Waals surface area contributed by atoms with Gasteiger partial charge in [0.05, 0.1) is 30.5 Å². The Kier molecular flexibility index (Phi) is 22.2. The number of nitrogens with zero attached hydrogens (tertiary/aromatic N) is 2. The van der Waals surface area contributed by atoms with Crippen molar-refractivity contribution in [2.24, 2.45) is 0 Å². The van der Waals surface area contributed by atoms with Crippen molar-refractivity contribution in [2.45, 2.75) is 90.5 Å². The van der Waals surface area contributed by atoms with Gasteiger partial charge in [-0.05, 0) is 81.5 Å². The Morgan fingerprint density at radius 1 is 0.831 bits per heavy atom. The Morgan fingerprint density at radius 2 is 1.54 bits per heavy atom. The van der Waals surface area contributed by atoms with Crippen LogP contribution < -0.4 is 15.5 Å². The van der Waals surface area contributed by atoms with E-state index < -0.39 is 32.0 Å². The fourth-order valence-electron chi connectivity index (χ4n) is 6.12. The lowest BCUT2D eigenvalue weighted by atomic mass is 10.1. The topological polar surface area (TPSA) is 229 Å². The minimum atomic E-state index is -4.40. The average Bonchev–Trinajstić information content (AvgIpc) is 3.15. The molecule has 2 aromatic carbocycles. The van der Waals surface area contributed by atoms with Gasteiger partial charge >= 0.3 is 5.97 Å². The highest BCUT2D eigenvalue weighted by molar-refractivity contribution is 7.86. The number of allylic oxidation sites excluding steroid dienone is 4. The number of methoxy groups -OCH3 is 1. The number of hydrogen-bond acceptors (Lipinski definition) is 10. The Labute approximate surface area is 348 Å². The quantitative estimate of drug-likeness (QED) is 0.0247. The third-order valence-corrected chi connectivity index (χ3v) is 10.8. The van der Waals surface area contributed by atoms with Crippen molar-refractivity contribution in [2.75, 3.05) is 57.2 Å². The summed E-state index contributed by atoms with van der Waals surface area (Å²) in [6, 6.07) is 10.0. The number of nitrogens with one attached hydrogen (secondary N) is 2. The molecule has 59 heavy (non-hydrogen) atoms. The van der Waals surface area contributed by atoms with Crippen LogP contribution in [0.5, 0.6) is 0 Å². The summed E-state index contributed by atoms with van der Waals surface area (Å²) >= 11 is 0. The van der Waals surface area contributed by atoms with Gasteiger partial charge in [0.2, 0.25) is 17.5 Å². The van der Waals surface area contributed by atoms with Crippen LogP contribution in [0, 0.1) is 13.8 Å². The molecule has 0 aliphatic rings. The molecule has 5 N–H and O–H groups in total. The molecule has 0 radical (unpaired) electrons. The summed E-state index contributed by atoms with van der Waals surface area (Å²) in [7, 11) is -7.01. The molecule has 18 heteroatoms. The standard InChI is InChI=1S/C41H60N4O12S2/c1-31-28-35(30-43-40(47)15-10-14-39(46)42-21-24-57-26-25-56-5)17-19-37(31)45(23-11-27-58(50,51)52)34(4)13-9-12-33(3)44(22-8-6-7-16-41(48)49)38-20-18-36(29-32(38)2)59(53,54)55/h9,12-13,17-20,28-29H,6-8,10-11,14-16,21-27,30H2,1-5H3,(H4-,42,43,46,47,48,49,50,51,52,53,54,55)/p+1. The largest absolute Gasteiger partial charge is 0.481 e. The number of unbranched alkanes of at least 4 members (excludes halogenated alkanes) is 2. The maximum absolute atomic E-state index is 12.5. The molecule has 16 nitrogen and oxygen atoms in total. The van der Waals surface area contributed by atoms with E-state index in [9.17, 15) is 40.3 Å². The highest BCUT2D eigenvalue weighted by Gasteiger charge is 2.19. The number of amides is 2. The summed E-state index contributed by atoms with van der Waals surface area (Å²) in [4.78, 5) is 37.3. The minimum absolute atomic E-state index is 0.0605. The fourth-order valence-corrected chi connectivity index (χ4v) is 7.18. The number of anilines is 1. The highest BCUT2D eigenvalue weighted by atomic mass is 32.2. The molecule has 0 spiro atoms. The van der Waals surface area contributed by atoms with Crippen LogP contribution in [-0.2, 0) is 50.6 Å². The van der Waals surface area contributed by atoms with Crippen LogP contribution >= 0.6 is 0 Å². The Morgan fingerprint density at radius 3 is 2.17 bits per heavy atom. The molecule has 0 bridgehead atoms. The maximum Gasteiger partial charge on any atom is 0.303 e. The van der Waals surface area contributed by atoms with Gasteiger partial charge in [0.1, 0.15) is 6.54 Å². The lowest BCUT2D eigenvalue weighted by Gasteiger charge is -2.27. The van der Waals surface area contributed by atoms with E-state index >= 15 is 0 Å². The highest BCUT2D eigenvalue weighted by Crippen LogP contribution is 2.27. The molecule has 0 fully saturated rings. The first-order valence-electron chi connectivity index (χ1n) is 19.5. The number of benzene rings is 2. The number of carbonyl (C=O) groups excluding carboxylic acids is 2. The van der Waals surface area contributed by atoms with E-state index in [1.54, 1.807) is 20.1 Å². The summed E-state index contributed by atoms with van der Waals surface area (Å²) in [5.74, 6) is -1.63.